The molecule has 1 fully saturated rings. The van der Waals surface area contributed by atoms with Crippen molar-refractivity contribution in [3.8, 4) is 0 Å². The van der Waals surface area contributed by atoms with Gasteiger partial charge in [-0.15, -0.1) is 0 Å². The second-order valence-electron chi connectivity index (χ2n) is 4.83. The third kappa shape index (κ3) is 3.90. The highest BCUT2D eigenvalue weighted by molar-refractivity contribution is 7.99. The monoisotopic (exact) mass is 293 g/mol. The van der Waals surface area contributed by atoms with Crippen molar-refractivity contribution in [2.24, 2.45) is 16.8 Å². The summed E-state index contributed by atoms with van der Waals surface area (Å²) < 4.78 is 0. The number of nitrogens with zero attached hydrogens (tertiary/aromatic N) is 1. The lowest BCUT2D eigenvalue weighted by atomic mass is 10.0. The molecule has 0 atom stereocenters. The lowest BCUT2D eigenvalue weighted by molar-refractivity contribution is 0.0946. The Morgan fingerprint density at radius 1 is 1.30 bits per heavy atom. The van der Waals surface area contributed by atoms with Crippen LogP contribution in [0.15, 0.2) is 29.4 Å². The van der Waals surface area contributed by atoms with Gasteiger partial charge in [-0.1, -0.05) is 17.3 Å². The van der Waals surface area contributed by atoms with E-state index >= 15 is 0 Å². The van der Waals surface area contributed by atoms with Crippen LogP contribution in [0.5, 0.6) is 0 Å². The molecule has 0 aromatic heterocycles. The van der Waals surface area contributed by atoms with Crippen LogP contribution in [0.1, 0.15) is 28.8 Å². The Balaban J connectivity index is 1.88. The number of hydrogen-bond donors (Lipinski definition) is 3. The Bertz CT molecular complexity index is 482. The smallest absolute Gasteiger partial charge is 0.251 e. The summed E-state index contributed by atoms with van der Waals surface area (Å²) in [5, 5.41) is 14.5. The Kier molecular flexibility index (Phi) is 5.29. The van der Waals surface area contributed by atoms with E-state index in [9.17, 15) is 4.79 Å². The number of carbonyl (C=O) groups excluding carboxylic acids is 1. The van der Waals surface area contributed by atoms with Gasteiger partial charge < -0.3 is 16.3 Å². The minimum absolute atomic E-state index is 0.0386. The lowest BCUT2D eigenvalue weighted by Gasteiger charge is -2.21. The van der Waals surface area contributed by atoms with E-state index in [1.54, 1.807) is 24.3 Å². The fraction of sp³-hybridized carbons (Fsp3) is 0.429. The van der Waals surface area contributed by atoms with E-state index < -0.39 is 0 Å². The lowest BCUT2D eigenvalue weighted by Crippen LogP contribution is -2.31. The van der Waals surface area contributed by atoms with Gasteiger partial charge in [-0.05, 0) is 42.4 Å². The second-order valence-corrected chi connectivity index (χ2v) is 6.05. The van der Waals surface area contributed by atoms with Gasteiger partial charge in [-0.3, -0.25) is 4.79 Å². The molecule has 0 aliphatic carbocycles. The molecule has 0 saturated carbocycles. The van der Waals surface area contributed by atoms with Crippen LogP contribution in [-0.2, 0) is 0 Å². The highest BCUT2D eigenvalue weighted by atomic mass is 32.2. The highest BCUT2D eigenvalue weighted by Crippen LogP contribution is 2.21. The van der Waals surface area contributed by atoms with Crippen LogP contribution < -0.4 is 11.1 Å². The molecule has 1 aromatic rings. The highest BCUT2D eigenvalue weighted by Gasteiger charge is 2.15. The van der Waals surface area contributed by atoms with Crippen LogP contribution in [0.3, 0.4) is 0 Å². The van der Waals surface area contributed by atoms with Gasteiger partial charge in [0.25, 0.3) is 5.91 Å². The number of amidine groups is 1. The minimum atomic E-state index is -0.0747. The van der Waals surface area contributed by atoms with E-state index in [0.717, 1.165) is 6.54 Å². The van der Waals surface area contributed by atoms with E-state index in [2.05, 4.69) is 10.5 Å². The predicted octanol–water partition coefficient (Wildman–Crippen LogP) is 1.65. The third-order valence-electron chi connectivity index (χ3n) is 3.44. The number of nitrogens with two attached hydrogens (primary N) is 1. The fourth-order valence-electron chi connectivity index (χ4n) is 2.14. The first kappa shape index (κ1) is 14.7. The van der Waals surface area contributed by atoms with Gasteiger partial charge in [0.1, 0.15) is 0 Å². The van der Waals surface area contributed by atoms with Crippen LogP contribution in [0.2, 0.25) is 0 Å². The number of amides is 1. The predicted molar refractivity (Wildman–Crippen MR) is 81.3 cm³/mol. The number of nitrogens with one attached hydrogen (secondary N) is 1. The molecule has 4 N–H and O–H groups in total. The molecule has 1 saturated heterocycles. The molecule has 1 aromatic carbocycles. The van der Waals surface area contributed by atoms with Crippen LogP contribution in [-0.4, -0.2) is 35.0 Å². The fourth-order valence-corrected chi connectivity index (χ4v) is 3.34. The Hall–Kier alpha value is -1.69. The summed E-state index contributed by atoms with van der Waals surface area (Å²) in [5.41, 5.74) is 6.65. The van der Waals surface area contributed by atoms with Crippen LogP contribution in [0.4, 0.5) is 0 Å². The van der Waals surface area contributed by atoms with Crippen molar-refractivity contribution in [2.75, 3.05) is 18.1 Å². The van der Waals surface area contributed by atoms with Gasteiger partial charge >= 0.3 is 0 Å². The Morgan fingerprint density at radius 3 is 2.50 bits per heavy atom. The number of rotatable bonds is 4. The van der Waals surface area contributed by atoms with Crippen molar-refractivity contribution in [2.45, 2.75) is 12.8 Å². The van der Waals surface area contributed by atoms with Gasteiger partial charge in [0.05, 0.1) is 0 Å². The quantitative estimate of drug-likeness (QED) is 0.341. The summed E-state index contributed by atoms with van der Waals surface area (Å²) in [6.45, 7) is 0.737. The van der Waals surface area contributed by atoms with Crippen molar-refractivity contribution in [3.63, 3.8) is 0 Å². The van der Waals surface area contributed by atoms with Crippen LogP contribution in [0, 0.1) is 5.92 Å². The zero-order valence-electron chi connectivity index (χ0n) is 11.2. The molecule has 1 aliphatic heterocycles. The van der Waals surface area contributed by atoms with E-state index in [1.807, 2.05) is 11.8 Å². The third-order valence-corrected chi connectivity index (χ3v) is 4.49. The molecule has 20 heavy (non-hydrogen) atoms. The van der Waals surface area contributed by atoms with Gasteiger partial charge in [0.2, 0.25) is 0 Å². The molecular weight excluding hydrogens is 274 g/mol. The first-order valence-corrected chi connectivity index (χ1v) is 7.80. The molecule has 1 aliphatic rings. The number of benzene rings is 1. The summed E-state index contributed by atoms with van der Waals surface area (Å²) in [7, 11) is 0. The maximum atomic E-state index is 12.0. The summed E-state index contributed by atoms with van der Waals surface area (Å²) >= 11 is 1.98. The molecule has 2 rings (SSSR count). The van der Waals surface area contributed by atoms with E-state index in [4.69, 9.17) is 10.9 Å². The van der Waals surface area contributed by atoms with Crippen molar-refractivity contribution in [3.05, 3.63) is 35.4 Å². The molecule has 0 spiro atoms. The standard InChI is InChI=1S/C14H19N3O2S/c15-13(17-19)11-1-3-12(4-2-11)14(18)16-9-10-5-7-20-8-6-10/h1-4,10,19H,5-9H2,(H2,15,17)(H,16,18). The summed E-state index contributed by atoms with van der Waals surface area (Å²) in [6, 6.07) is 6.70. The van der Waals surface area contributed by atoms with Gasteiger partial charge in [0, 0.05) is 17.7 Å². The minimum Gasteiger partial charge on any atom is -0.409 e. The molecule has 5 nitrogen and oxygen atoms in total. The topological polar surface area (TPSA) is 87.7 Å². The molecule has 0 unspecified atom stereocenters. The SMILES string of the molecule is N/C(=N/O)c1ccc(C(=O)NCC2CCSCC2)cc1. The number of hydrogen-bond acceptors (Lipinski definition) is 4. The number of oxime groups is 1. The van der Waals surface area contributed by atoms with Crippen molar-refractivity contribution in [1.29, 1.82) is 0 Å². The molecule has 0 radical (unpaired) electrons. The number of thioether (sulfide) groups is 1. The summed E-state index contributed by atoms with van der Waals surface area (Å²) in [4.78, 5) is 12.0. The summed E-state index contributed by atoms with van der Waals surface area (Å²) in [6.07, 6.45) is 2.35. The normalized spacial score (nSPS) is 16.9. The zero-order valence-corrected chi connectivity index (χ0v) is 12.0. The van der Waals surface area contributed by atoms with Crippen LogP contribution >= 0.6 is 11.8 Å². The van der Waals surface area contributed by atoms with Crippen molar-refractivity contribution in [1.82, 2.24) is 5.32 Å². The molecule has 0 bridgehead atoms. The van der Waals surface area contributed by atoms with Crippen molar-refractivity contribution >= 4 is 23.5 Å². The van der Waals surface area contributed by atoms with Crippen molar-refractivity contribution < 1.29 is 10.0 Å². The molecule has 6 heteroatoms. The van der Waals surface area contributed by atoms with E-state index in [1.165, 1.54) is 24.3 Å². The zero-order chi connectivity index (χ0) is 14.4. The van der Waals surface area contributed by atoms with Gasteiger partial charge in [-0.2, -0.15) is 11.8 Å². The maximum absolute atomic E-state index is 12.0. The maximum Gasteiger partial charge on any atom is 0.251 e. The molecular formula is C14H19N3O2S. The van der Waals surface area contributed by atoms with Gasteiger partial charge in [0.15, 0.2) is 5.84 Å². The largest absolute Gasteiger partial charge is 0.409 e. The number of carbonyl (C=O) groups is 1. The molecule has 108 valence electrons. The Morgan fingerprint density at radius 2 is 1.90 bits per heavy atom. The average molecular weight is 293 g/mol. The Labute approximate surface area is 122 Å². The molecule has 1 heterocycles. The first-order chi connectivity index (χ1) is 9.70. The average Bonchev–Trinajstić information content (AvgIpc) is 2.53. The molecule has 1 amide bonds. The van der Waals surface area contributed by atoms with Crippen LogP contribution in [0.25, 0.3) is 0 Å². The first-order valence-electron chi connectivity index (χ1n) is 6.64. The van der Waals surface area contributed by atoms with Gasteiger partial charge in [-0.25, -0.2) is 0 Å². The van der Waals surface area contributed by atoms with E-state index in [0.29, 0.717) is 17.0 Å². The van der Waals surface area contributed by atoms with E-state index in [-0.39, 0.29) is 11.7 Å². The summed E-state index contributed by atoms with van der Waals surface area (Å²) in [5.74, 6) is 2.94. The second kappa shape index (κ2) is 7.19.